The summed E-state index contributed by atoms with van der Waals surface area (Å²) in [7, 11) is 1.54. The minimum Gasteiger partial charge on any atom is -0.493 e. The van der Waals surface area contributed by atoms with Crippen molar-refractivity contribution in [1.29, 1.82) is 0 Å². The number of pyridine rings is 1. The van der Waals surface area contributed by atoms with E-state index in [1.807, 2.05) is 6.92 Å². The number of ether oxygens (including phenoxy) is 2. The lowest BCUT2D eigenvalue weighted by Crippen LogP contribution is -2.08. The van der Waals surface area contributed by atoms with Gasteiger partial charge in [0.25, 0.3) is 0 Å². The average molecular weight is 333 g/mol. The van der Waals surface area contributed by atoms with Crippen molar-refractivity contribution in [2.75, 3.05) is 19.0 Å². The van der Waals surface area contributed by atoms with Crippen LogP contribution in [-0.2, 0) is 4.79 Å². The van der Waals surface area contributed by atoms with Crippen molar-refractivity contribution in [3.63, 3.8) is 0 Å². The molecule has 0 aliphatic carbocycles. The number of amides is 1. The van der Waals surface area contributed by atoms with Crippen LogP contribution < -0.4 is 14.8 Å². The Kier molecular flexibility index (Phi) is 6.00. The van der Waals surface area contributed by atoms with E-state index in [4.69, 9.17) is 21.1 Å². The number of carbonyl (C=O) groups is 1. The lowest BCUT2D eigenvalue weighted by molar-refractivity contribution is -0.111. The van der Waals surface area contributed by atoms with Gasteiger partial charge in [0.15, 0.2) is 11.5 Å². The molecule has 2 aromatic rings. The third-order valence-electron chi connectivity index (χ3n) is 2.88. The zero-order valence-corrected chi connectivity index (χ0v) is 13.6. The van der Waals surface area contributed by atoms with Crippen LogP contribution in [0, 0.1) is 0 Å². The molecule has 1 amide bonds. The van der Waals surface area contributed by atoms with Gasteiger partial charge in [0.2, 0.25) is 5.91 Å². The highest BCUT2D eigenvalue weighted by Gasteiger charge is 2.10. The van der Waals surface area contributed by atoms with Crippen molar-refractivity contribution in [2.45, 2.75) is 6.92 Å². The summed E-state index contributed by atoms with van der Waals surface area (Å²) in [5, 5.41) is 3.09. The van der Waals surface area contributed by atoms with Crippen molar-refractivity contribution in [2.24, 2.45) is 0 Å². The number of anilines is 1. The van der Waals surface area contributed by atoms with Crippen molar-refractivity contribution in [1.82, 2.24) is 4.98 Å². The monoisotopic (exact) mass is 332 g/mol. The van der Waals surface area contributed by atoms with Crippen LogP contribution in [0.2, 0.25) is 5.02 Å². The third-order valence-corrected chi connectivity index (χ3v) is 3.16. The van der Waals surface area contributed by atoms with E-state index < -0.39 is 0 Å². The molecule has 0 bridgehead atoms. The Morgan fingerprint density at radius 2 is 2.22 bits per heavy atom. The summed E-state index contributed by atoms with van der Waals surface area (Å²) in [5.41, 5.74) is 0.728. The maximum Gasteiger partial charge on any atom is 0.249 e. The van der Waals surface area contributed by atoms with Gasteiger partial charge in [0.1, 0.15) is 5.82 Å². The molecule has 0 aliphatic heterocycles. The molecule has 0 spiro atoms. The SMILES string of the molecule is CCOc1c(Cl)cc(C=CC(=O)Nc2ccccn2)cc1OC. The molecule has 0 aliphatic rings. The highest BCUT2D eigenvalue weighted by molar-refractivity contribution is 6.32. The molecular weight excluding hydrogens is 316 g/mol. The Morgan fingerprint density at radius 1 is 1.39 bits per heavy atom. The first kappa shape index (κ1) is 16.8. The van der Waals surface area contributed by atoms with E-state index in [2.05, 4.69) is 10.3 Å². The Labute approximate surface area is 139 Å². The quantitative estimate of drug-likeness (QED) is 0.817. The van der Waals surface area contributed by atoms with Crippen LogP contribution in [0.25, 0.3) is 6.08 Å². The molecule has 0 fully saturated rings. The lowest BCUT2D eigenvalue weighted by atomic mass is 10.2. The van der Waals surface area contributed by atoms with Gasteiger partial charge < -0.3 is 14.8 Å². The van der Waals surface area contributed by atoms with Crippen molar-refractivity contribution in [3.8, 4) is 11.5 Å². The van der Waals surface area contributed by atoms with Gasteiger partial charge in [-0.2, -0.15) is 0 Å². The van der Waals surface area contributed by atoms with Gasteiger partial charge in [-0.15, -0.1) is 0 Å². The second-order valence-electron chi connectivity index (χ2n) is 4.50. The van der Waals surface area contributed by atoms with E-state index in [1.54, 1.807) is 42.6 Å². The van der Waals surface area contributed by atoms with Gasteiger partial charge in [0.05, 0.1) is 18.7 Å². The molecule has 1 heterocycles. The zero-order valence-electron chi connectivity index (χ0n) is 12.9. The average Bonchev–Trinajstić information content (AvgIpc) is 2.56. The predicted octanol–water partition coefficient (Wildman–Crippen LogP) is 3.79. The maximum atomic E-state index is 11.9. The molecule has 0 unspecified atom stereocenters. The van der Waals surface area contributed by atoms with Crippen LogP contribution >= 0.6 is 11.6 Å². The van der Waals surface area contributed by atoms with Crippen molar-refractivity contribution >= 4 is 29.4 Å². The number of methoxy groups -OCH3 is 1. The van der Waals surface area contributed by atoms with Gasteiger partial charge in [-0.25, -0.2) is 4.98 Å². The summed E-state index contributed by atoms with van der Waals surface area (Å²) in [5.74, 6) is 1.22. The first-order valence-corrected chi connectivity index (χ1v) is 7.42. The van der Waals surface area contributed by atoms with Gasteiger partial charge in [-0.3, -0.25) is 4.79 Å². The second kappa shape index (κ2) is 8.19. The smallest absolute Gasteiger partial charge is 0.249 e. The van der Waals surface area contributed by atoms with Crippen LogP contribution in [0.3, 0.4) is 0 Å². The third kappa shape index (κ3) is 4.72. The van der Waals surface area contributed by atoms with Gasteiger partial charge in [-0.05, 0) is 42.8 Å². The number of hydrogen-bond acceptors (Lipinski definition) is 4. The Morgan fingerprint density at radius 3 is 2.87 bits per heavy atom. The number of rotatable bonds is 6. The van der Waals surface area contributed by atoms with Crippen molar-refractivity contribution in [3.05, 3.63) is 53.2 Å². The number of nitrogens with zero attached hydrogens (tertiary/aromatic N) is 1. The van der Waals surface area contributed by atoms with E-state index in [-0.39, 0.29) is 5.91 Å². The predicted molar refractivity (Wildman–Crippen MR) is 91.1 cm³/mol. The Bertz CT molecular complexity index is 702. The number of halogens is 1. The molecule has 2 rings (SSSR count). The number of carbonyl (C=O) groups excluding carboxylic acids is 1. The first-order chi connectivity index (χ1) is 11.1. The normalized spacial score (nSPS) is 10.6. The van der Waals surface area contributed by atoms with Crippen LogP contribution in [-0.4, -0.2) is 24.6 Å². The molecule has 0 saturated heterocycles. The molecular formula is C17H17ClN2O3. The molecule has 6 heteroatoms. The first-order valence-electron chi connectivity index (χ1n) is 7.04. The lowest BCUT2D eigenvalue weighted by Gasteiger charge is -2.11. The molecule has 1 N–H and O–H groups in total. The Hall–Kier alpha value is -2.53. The Balaban J connectivity index is 2.13. The van der Waals surface area contributed by atoms with Crippen LogP contribution in [0.4, 0.5) is 5.82 Å². The van der Waals surface area contributed by atoms with Gasteiger partial charge in [-0.1, -0.05) is 17.7 Å². The van der Waals surface area contributed by atoms with E-state index in [1.165, 1.54) is 13.2 Å². The second-order valence-corrected chi connectivity index (χ2v) is 4.91. The van der Waals surface area contributed by atoms with Crippen LogP contribution in [0.15, 0.2) is 42.6 Å². The topological polar surface area (TPSA) is 60.5 Å². The minimum absolute atomic E-state index is 0.285. The van der Waals surface area contributed by atoms with Crippen molar-refractivity contribution < 1.29 is 14.3 Å². The molecule has 1 aromatic heterocycles. The molecule has 1 aromatic carbocycles. The summed E-state index contributed by atoms with van der Waals surface area (Å²) in [4.78, 5) is 15.9. The number of benzene rings is 1. The fraction of sp³-hybridized carbons (Fsp3) is 0.176. The molecule has 0 radical (unpaired) electrons. The van der Waals surface area contributed by atoms with Crippen LogP contribution in [0.1, 0.15) is 12.5 Å². The number of hydrogen-bond donors (Lipinski definition) is 1. The summed E-state index contributed by atoms with van der Waals surface area (Å²) in [6, 6.07) is 8.74. The number of aromatic nitrogens is 1. The summed E-state index contributed by atoms with van der Waals surface area (Å²) < 4.78 is 10.7. The summed E-state index contributed by atoms with van der Waals surface area (Å²) in [6.07, 6.45) is 4.65. The van der Waals surface area contributed by atoms with Gasteiger partial charge >= 0.3 is 0 Å². The van der Waals surface area contributed by atoms with E-state index in [0.29, 0.717) is 28.9 Å². The maximum absolute atomic E-state index is 11.9. The fourth-order valence-corrected chi connectivity index (χ4v) is 2.17. The summed E-state index contributed by atoms with van der Waals surface area (Å²) in [6.45, 7) is 2.35. The summed E-state index contributed by atoms with van der Waals surface area (Å²) >= 11 is 6.19. The van der Waals surface area contributed by atoms with Gasteiger partial charge in [0, 0.05) is 12.3 Å². The largest absolute Gasteiger partial charge is 0.493 e. The minimum atomic E-state index is -0.285. The zero-order chi connectivity index (χ0) is 16.7. The number of nitrogens with one attached hydrogen (secondary N) is 1. The molecule has 5 nitrogen and oxygen atoms in total. The molecule has 0 atom stereocenters. The van der Waals surface area contributed by atoms with E-state index in [0.717, 1.165) is 5.56 Å². The highest BCUT2D eigenvalue weighted by Crippen LogP contribution is 2.36. The molecule has 23 heavy (non-hydrogen) atoms. The van der Waals surface area contributed by atoms with E-state index in [9.17, 15) is 4.79 Å². The van der Waals surface area contributed by atoms with E-state index >= 15 is 0 Å². The molecule has 0 saturated carbocycles. The van der Waals surface area contributed by atoms with Crippen LogP contribution in [0.5, 0.6) is 11.5 Å². The fourth-order valence-electron chi connectivity index (χ4n) is 1.90. The molecule has 120 valence electrons. The standard InChI is InChI=1S/C17H17ClN2O3/c1-3-23-17-13(18)10-12(11-14(17)22-2)7-8-16(21)20-15-6-4-5-9-19-15/h4-11H,3H2,1-2H3,(H,19,20,21). The highest BCUT2D eigenvalue weighted by atomic mass is 35.5.